The molecule has 6 nitrogen and oxygen atoms in total. The molecule has 3 rings (SSSR count). The van der Waals surface area contributed by atoms with Crippen LogP contribution in [0, 0.1) is 5.92 Å². The molecule has 0 atom stereocenters. The maximum absolute atomic E-state index is 12.5. The Morgan fingerprint density at radius 2 is 1.93 bits per heavy atom. The molecule has 1 aliphatic carbocycles. The number of thioether (sulfide) groups is 1. The van der Waals surface area contributed by atoms with Crippen LogP contribution in [0.2, 0.25) is 0 Å². The summed E-state index contributed by atoms with van der Waals surface area (Å²) in [6.07, 6.45) is 6.94. The van der Waals surface area contributed by atoms with Crippen LogP contribution in [0.15, 0.2) is 29.2 Å². The Kier molecular flexibility index (Phi) is 6.55. The lowest BCUT2D eigenvalue weighted by Crippen LogP contribution is -2.39. The van der Waals surface area contributed by atoms with Crippen molar-refractivity contribution < 1.29 is 19.1 Å². The number of rotatable bonds is 6. The Hall–Kier alpha value is -2.28. The molecular weight excluding hydrogens is 364 g/mol. The Morgan fingerprint density at radius 3 is 2.59 bits per heavy atom. The first-order valence-electron chi connectivity index (χ1n) is 9.25. The third-order valence-electron chi connectivity index (χ3n) is 4.90. The zero-order valence-corrected chi connectivity index (χ0v) is 16.2. The van der Waals surface area contributed by atoms with Gasteiger partial charge in [-0.3, -0.25) is 19.3 Å². The van der Waals surface area contributed by atoms with Gasteiger partial charge in [-0.1, -0.05) is 31.4 Å². The van der Waals surface area contributed by atoms with Crippen LogP contribution in [0.4, 0.5) is 4.79 Å². The number of benzene rings is 1. The molecule has 2 fully saturated rings. The SMILES string of the molecule is COc1ccc(/C=C2/SC(=O)N(CCNC(=O)C3CCCCC3)C2=O)cc1. The highest BCUT2D eigenvalue weighted by Crippen LogP contribution is 2.32. The smallest absolute Gasteiger partial charge is 0.293 e. The van der Waals surface area contributed by atoms with E-state index in [1.807, 2.05) is 12.1 Å². The van der Waals surface area contributed by atoms with Crippen LogP contribution in [0.1, 0.15) is 37.7 Å². The molecule has 0 unspecified atom stereocenters. The summed E-state index contributed by atoms with van der Waals surface area (Å²) in [7, 11) is 1.59. The number of imide groups is 1. The number of nitrogens with zero attached hydrogens (tertiary/aromatic N) is 1. The minimum absolute atomic E-state index is 0.0375. The second kappa shape index (κ2) is 9.08. The van der Waals surface area contributed by atoms with Crippen molar-refractivity contribution in [3.8, 4) is 5.75 Å². The highest BCUT2D eigenvalue weighted by molar-refractivity contribution is 8.18. The number of hydrogen-bond donors (Lipinski definition) is 1. The van der Waals surface area contributed by atoms with Crippen LogP contribution >= 0.6 is 11.8 Å². The van der Waals surface area contributed by atoms with Crippen molar-refractivity contribution in [3.05, 3.63) is 34.7 Å². The summed E-state index contributed by atoms with van der Waals surface area (Å²) >= 11 is 0.928. The number of nitrogens with one attached hydrogen (secondary N) is 1. The maximum Gasteiger partial charge on any atom is 0.293 e. The topological polar surface area (TPSA) is 75.7 Å². The molecule has 0 spiro atoms. The number of carbonyl (C=O) groups excluding carboxylic acids is 3. The molecule has 1 saturated heterocycles. The Morgan fingerprint density at radius 1 is 1.22 bits per heavy atom. The van der Waals surface area contributed by atoms with E-state index >= 15 is 0 Å². The largest absolute Gasteiger partial charge is 0.497 e. The second-order valence-electron chi connectivity index (χ2n) is 6.73. The zero-order chi connectivity index (χ0) is 19.2. The van der Waals surface area contributed by atoms with E-state index in [1.54, 1.807) is 25.3 Å². The Balaban J connectivity index is 1.54. The summed E-state index contributed by atoms with van der Waals surface area (Å²) in [5, 5.41) is 2.57. The van der Waals surface area contributed by atoms with Crippen molar-refractivity contribution in [2.24, 2.45) is 5.92 Å². The fourth-order valence-corrected chi connectivity index (χ4v) is 4.21. The highest BCUT2D eigenvalue weighted by Gasteiger charge is 2.34. The predicted molar refractivity (Wildman–Crippen MR) is 105 cm³/mol. The zero-order valence-electron chi connectivity index (χ0n) is 15.4. The molecule has 1 aliphatic heterocycles. The number of carbonyl (C=O) groups is 3. The lowest BCUT2D eigenvalue weighted by atomic mass is 9.89. The van der Waals surface area contributed by atoms with Crippen LogP contribution in [-0.4, -0.2) is 42.2 Å². The van der Waals surface area contributed by atoms with E-state index in [9.17, 15) is 14.4 Å². The molecule has 2 aliphatic rings. The summed E-state index contributed by atoms with van der Waals surface area (Å²) in [6, 6.07) is 7.27. The van der Waals surface area contributed by atoms with Crippen molar-refractivity contribution in [1.29, 1.82) is 0 Å². The quantitative estimate of drug-likeness (QED) is 0.756. The molecule has 0 bridgehead atoms. The van der Waals surface area contributed by atoms with Gasteiger partial charge in [0.15, 0.2) is 0 Å². The first-order chi connectivity index (χ1) is 13.1. The monoisotopic (exact) mass is 388 g/mol. The van der Waals surface area contributed by atoms with Crippen molar-refractivity contribution in [1.82, 2.24) is 10.2 Å². The van der Waals surface area contributed by atoms with Gasteiger partial charge in [0.1, 0.15) is 5.75 Å². The lowest BCUT2D eigenvalue weighted by molar-refractivity contribution is -0.127. The first kappa shape index (κ1) is 19.5. The third-order valence-corrected chi connectivity index (χ3v) is 5.81. The fourth-order valence-electron chi connectivity index (χ4n) is 3.34. The van der Waals surface area contributed by atoms with E-state index in [0.29, 0.717) is 11.4 Å². The van der Waals surface area contributed by atoms with Crippen molar-refractivity contribution in [2.75, 3.05) is 20.2 Å². The summed E-state index contributed by atoms with van der Waals surface area (Å²) in [5.74, 6) is 0.528. The molecule has 1 heterocycles. The second-order valence-corrected chi connectivity index (χ2v) is 7.73. The van der Waals surface area contributed by atoms with Crippen molar-refractivity contribution in [2.45, 2.75) is 32.1 Å². The molecule has 144 valence electrons. The number of ether oxygens (including phenoxy) is 1. The molecule has 27 heavy (non-hydrogen) atoms. The van der Waals surface area contributed by atoms with Gasteiger partial charge in [-0.25, -0.2) is 0 Å². The van der Waals surface area contributed by atoms with E-state index in [4.69, 9.17) is 4.74 Å². The summed E-state index contributed by atoms with van der Waals surface area (Å²) in [5.41, 5.74) is 0.826. The van der Waals surface area contributed by atoms with E-state index < -0.39 is 0 Å². The van der Waals surface area contributed by atoms with Gasteiger partial charge >= 0.3 is 0 Å². The molecular formula is C20H24N2O4S. The Bertz CT molecular complexity index is 739. The van der Waals surface area contributed by atoms with E-state index in [2.05, 4.69) is 5.32 Å². The van der Waals surface area contributed by atoms with Crippen LogP contribution in [0.3, 0.4) is 0 Å². The average Bonchev–Trinajstić information content (AvgIpc) is 2.96. The van der Waals surface area contributed by atoms with Gasteiger partial charge in [0.05, 0.1) is 12.0 Å². The molecule has 1 aromatic carbocycles. The van der Waals surface area contributed by atoms with E-state index in [-0.39, 0.29) is 29.5 Å². The minimum atomic E-state index is -0.312. The Labute approximate surface area is 163 Å². The van der Waals surface area contributed by atoms with Crippen LogP contribution < -0.4 is 10.1 Å². The molecule has 3 amide bonds. The molecule has 1 saturated carbocycles. The lowest BCUT2D eigenvalue weighted by Gasteiger charge is -2.21. The molecule has 1 N–H and O–H groups in total. The maximum atomic E-state index is 12.5. The van der Waals surface area contributed by atoms with Gasteiger partial charge in [0.25, 0.3) is 11.1 Å². The predicted octanol–water partition coefficient (Wildman–Crippen LogP) is 3.43. The van der Waals surface area contributed by atoms with Gasteiger partial charge in [0.2, 0.25) is 5.91 Å². The molecule has 1 aromatic rings. The van der Waals surface area contributed by atoms with E-state index in [1.165, 1.54) is 11.3 Å². The normalized spacial score (nSPS) is 19.6. The van der Waals surface area contributed by atoms with E-state index in [0.717, 1.165) is 48.8 Å². The number of methoxy groups -OCH3 is 1. The molecule has 0 aromatic heterocycles. The summed E-state index contributed by atoms with van der Waals surface area (Å²) in [6.45, 7) is 0.492. The first-order valence-corrected chi connectivity index (χ1v) is 10.1. The van der Waals surface area contributed by atoms with Gasteiger partial charge in [-0.2, -0.15) is 0 Å². The van der Waals surface area contributed by atoms with Crippen molar-refractivity contribution >= 4 is 34.9 Å². The molecule has 7 heteroatoms. The van der Waals surface area contributed by atoms with Gasteiger partial charge < -0.3 is 10.1 Å². The summed E-state index contributed by atoms with van der Waals surface area (Å²) < 4.78 is 5.11. The third kappa shape index (κ3) is 4.91. The number of amides is 3. The minimum Gasteiger partial charge on any atom is -0.497 e. The highest BCUT2D eigenvalue weighted by atomic mass is 32.2. The average molecular weight is 388 g/mol. The van der Waals surface area contributed by atoms with Gasteiger partial charge in [0, 0.05) is 19.0 Å². The standard InChI is InChI=1S/C20H24N2O4S/c1-26-16-9-7-14(8-10-16)13-17-19(24)22(20(25)27-17)12-11-21-18(23)15-5-3-2-4-6-15/h7-10,13,15H,2-6,11-12H2,1H3,(H,21,23)/b17-13+. The fraction of sp³-hybridized carbons (Fsp3) is 0.450. The van der Waals surface area contributed by atoms with Crippen molar-refractivity contribution in [3.63, 3.8) is 0 Å². The summed E-state index contributed by atoms with van der Waals surface area (Å²) in [4.78, 5) is 38.4. The number of hydrogen-bond acceptors (Lipinski definition) is 5. The van der Waals surface area contributed by atoms with Crippen LogP contribution in [0.25, 0.3) is 6.08 Å². The van der Waals surface area contributed by atoms with Crippen LogP contribution in [-0.2, 0) is 9.59 Å². The molecule has 0 radical (unpaired) electrons. The van der Waals surface area contributed by atoms with Gasteiger partial charge in [-0.05, 0) is 48.4 Å². The van der Waals surface area contributed by atoms with Gasteiger partial charge in [-0.15, -0.1) is 0 Å². The van der Waals surface area contributed by atoms with Crippen LogP contribution in [0.5, 0.6) is 5.75 Å².